The summed E-state index contributed by atoms with van der Waals surface area (Å²) >= 11 is 0. The molecule has 0 radical (unpaired) electrons. The van der Waals surface area contributed by atoms with Crippen LogP contribution in [0.3, 0.4) is 0 Å². The minimum absolute atomic E-state index is 2.15. The second kappa shape index (κ2) is 14.2. The maximum Gasteiger partial charge on any atom is 0.470 e. The van der Waals surface area contributed by atoms with Crippen LogP contribution in [0.1, 0.15) is 0 Å². The number of rotatable bonds is 14. The Morgan fingerprint density at radius 2 is 0.667 bits per heavy atom. The maximum atomic E-state index is 12.1. The Hall–Kier alpha value is -0.0000000000000000971. The number of esters is 2. The molecule has 0 spiro atoms. The zero-order chi connectivity index (χ0) is 33.3. The zero-order valence-electron chi connectivity index (χ0n) is 19.5. The molecular weight excluding hydrogens is 722 g/mol. The number of hydrogen-bond acceptors (Lipinski definition) is 18. The molecular formula is C10H18O26P6-4. The van der Waals surface area contributed by atoms with E-state index in [2.05, 4.69) is 27.6 Å². The topological polar surface area (TPSA) is 458 Å². The van der Waals surface area contributed by atoms with Gasteiger partial charge in [0.1, 0.15) is 36.7 Å². The lowest BCUT2D eigenvalue weighted by molar-refractivity contribution is -0.429. The van der Waals surface area contributed by atoms with Crippen molar-refractivity contribution in [3.8, 4) is 0 Å². The molecule has 0 bridgehead atoms. The molecule has 1 rings (SSSR count). The lowest BCUT2D eigenvalue weighted by atomic mass is 9.84. The van der Waals surface area contributed by atoms with Crippen molar-refractivity contribution in [3.63, 3.8) is 0 Å². The van der Waals surface area contributed by atoms with Crippen molar-refractivity contribution >= 4 is 59.1 Å². The SMILES string of the molecule is O=C(C[P+]([O-])([O-])[O-])O[C@@H]1C(OP(=O)(O)O)[C@H](OC(=O)C[P+]([O-])([O-])[O-])[C@H](OP(=O)(O)O)C(OP(=O)(O)O)[C@H]1OP(=O)(O)O. The summed E-state index contributed by atoms with van der Waals surface area (Å²) < 4.78 is 72.0. The monoisotopic (exact) mass is 740 g/mol. The third-order valence-electron chi connectivity index (χ3n) is 4.16. The molecule has 1 aliphatic carbocycles. The molecule has 1 fully saturated rings. The van der Waals surface area contributed by atoms with Gasteiger partial charge in [0.2, 0.25) is 0 Å². The molecule has 0 aromatic rings. The van der Waals surface area contributed by atoms with Crippen molar-refractivity contribution in [1.29, 1.82) is 0 Å². The highest BCUT2D eigenvalue weighted by molar-refractivity contribution is 7.55. The summed E-state index contributed by atoms with van der Waals surface area (Å²) in [4.78, 5) is 164. The van der Waals surface area contributed by atoms with Crippen molar-refractivity contribution in [2.24, 2.45) is 0 Å². The van der Waals surface area contributed by atoms with E-state index in [0.717, 1.165) is 0 Å². The van der Waals surface area contributed by atoms with Gasteiger partial charge in [-0.1, -0.05) is 0 Å². The quantitative estimate of drug-likeness (QED) is 0.0605. The molecule has 0 heterocycles. The standard InChI is InChI=1S/C10H22O26P6/c11-3(1-37(13,14)15)31-5-7(33-39(19,20)21)6(32-4(12)2-38(16,17)18)9(35-41(25,26)27)10(36-42(28,29)30)8(5)34-40(22,23)24/h5-10H,1-2H2,(H2,13,14,15)(H2,16,17,18)(H2,19,20,21)(H2,22,23,24)(H2,25,26,27)(H2,28,29,30)/p-4/t5-,6+,7?,8-,9-,10?/m0/s1. The van der Waals surface area contributed by atoms with Crippen molar-refractivity contribution in [2.45, 2.75) is 36.6 Å². The van der Waals surface area contributed by atoms with E-state index >= 15 is 0 Å². The van der Waals surface area contributed by atoms with Crippen LogP contribution in [0.15, 0.2) is 0 Å². The predicted molar refractivity (Wildman–Crippen MR) is 111 cm³/mol. The summed E-state index contributed by atoms with van der Waals surface area (Å²) in [5, 5.41) is 0. The third-order valence-corrected chi connectivity index (χ3v) is 7.52. The first-order valence-corrected chi connectivity index (χ1v) is 19.3. The lowest BCUT2D eigenvalue weighted by Crippen LogP contribution is -2.67. The summed E-state index contributed by atoms with van der Waals surface area (Å²) in [6.45, 7) is 0. The first-order valence-electron chi connectivity index (χ1n) is 9.73. The van der Waals surface area contributed by atoms with E-state index in [1.54, 1.807) is 0 Å². The lowest BCUT2D eigenvalue weighted by Gasteiger charge is -2.48. The summed E-state index contributed by atoms with van der Waals surface area (Å²) in [7, 11) is -36.3. The first-order chi connectivity index (χ1) is 18.4. The van der Waals surface area contributed by atoms with Crippen molar-refractivity contribution < 1.29 is 124 Å². The van der Waals surface area contributed by atoms with Crippen molar-refractivity contribution in [3.05, 3.63) is 0 Å². The number of hydrogen-bond donors (Lipinski definition) is 8. The van der Waals surface area contributed by atoms with E-state index in [9.17, 15) is 96.4 Å². The van der Waals surface area contributed by atoms with Crippen LogP contribution in [0.4, 0.5) is 0 Å². The minimum atomic E-state index is -6.13. The Bertz CT molecular complexity index is 1080. The Balaban J connectivity index is 4.04. The second-order valence-electron chi connectivity index (χ2n) is 7.69. The Morgan fingerprint density at radius 3 is 0.857 bits per heavy atom. The minimum Gasteiger partial charge on any atom is -0.687 e. The largest absolute Gasteiger partial charge is 0.687 e. The van der Waals surface area contributed by atoms with Crippen LogP contribution < -0.4 is 29.4 Å². The van der Waals surface area contributed by atoms with Gasteiger partial charge in [0.25, 0.3) is 0 Å². The third kappa shape index (κ3) is 15.8. The number of phosphoric ester groups is 4. The number of phosphoric acid groups is 4. The molecule has 0 aliphatic heterocycles. The van der Waals surface area contributed by atoms with Crippen LogP contribution in [-0.4, -0.2) is 100 Å². The molecule has 42 heavy (non-hydrogen) atoms. The molecule has 0 aromatic carbocycles. The summed E-state index contributed by atoms with van der Waals surface area (Å²) in [5.74, 6) is -4.55. The molecule has 6 atom stereocenters. The fraction of sp³-hybridized carbons (Fsp3) is 0.800. The van der Waals surface area contributed by atoms with Crippen LogP contribution in [0.25, 0.3) is 0 Å². The van der Waals surface area contributed by atoms with Gasteiger partial charge in [-0.15, -0.1) is 0 Å². The average molecular weight is 740 g/mol. The van der Waals surface area contributed by atoms with Gasteiger partial charge < -0.3 is 78.0 Å². The van der Waals surface area contributed by atoms with Gasteiger partial charge in [0.05, 0.1) is 0 Å². The molecule has 0 saturated heterocycles. The van der Waals surface area contributed by atoms with E-state index in [1.165, 1.54) is 0 Å². The van der Waals surface area contributed by atoms with Crippen LogP contribution in [0, 0.1) is 0 Å². The molecule has 2 unspecified atom stereocenters. The van der Waals surface area contributed by atoms with Crippen molar-refractivity contribution in [1.82, 2.24) is 0 Å². The van der Waals surface area contributed by atoms with Gasteiger partial charge in [-0.3, -0.25) is 18.1 Å². The van der Waals surface area contributed by atoms with Gasteiger partial charge in [-0.2, -0.15) is 15.9 Å². The maximum absolute atomic E-state index is 12.1. The highest BCUT2D eigenvalue weighted by Crippen LogP contribution is 2.53. The van der Waals surface area contributed by atoms with E-state index in [1.807, 2.05) is 0 Å². The summed E-state index contributed by atoms with van der Waals surface area (Å²) in [6, 6.07) is 0. The molecule has 32 heteroatoms. The highest BCUT2D eigenvalue weighted by atomic mass is 31.2. The Kier molecular flexibility index (Phi) is 13.5. The van der Waals surface area contributed by atoms with Crippen LogP contribution >= 0.6 is 47.2 Å². The molecule has 0 amide bonds. The van der Waals surface area contributed by atoms with Crippen LogP contribution in [0.5, 0.6) is 0 Å². The van der Waals surface area contributed by atoms with E-state index in [-0.39, 0.29) is 0 Å². The predicted octanol–water partition coefficient (Wildman–Crippen LogP) is -8.58. The Morgan fingerprint density at radius 1 is 0.476 bits per heavy atom. The number of carbonyl (C=O) groups excluding carboxylic acids is 2. The fourth-order valence-corrected chi connectivity index (χ4v) is 6.21. The smallest absolute Gasteiger partial charge is 0.470 e. The summed E-state index contributed by atoms with van der Waals surface area (Å²) in [5.41, 5.74) is 0. The molecule has 248 valence electrons. The molecule has 26 nitrogen and oxygen atoms in total. The van der Waals surface area contributed by atoms with Gasteiger partial charge >= 0.3 is 43.2 Å². The molecule has 1 aliphatic rings. The fourth-order valence-electron chi connectivity index (χ4n) is 3.20. The van der Waals surface area contributed by atoms with Gasteiger partial charge in [0, 0.05) is 0 Å². The van der Waals surface area contributed by atoms with E-state index < -0.39 is 108 Å². The zero-order valence-corrected chi connectivity index (χ0v) is 24.9. The normalized spacial score (nSPS) is 26.5. The van der Waals surface area contributed by atoms with Gasteiger partial charge in [-0.25, -0.2) is 27.8 Å². The summed E-state index contributed by atoms with van der Waals surface area (Å²) in [6.07, 6.45) is -23.4. The van der Waals surface area contributed by atoms with Crippen molar-refractivity contribution in [2.75, 3.05) is 12.3 Å². The Labute approximate surface area is 232 Å². The number of ether oxygens (including phenoxy) is 2. The first kappa shape index (κ1) is 40.0. The second-order valence-corrected chi connectivity index (χ2v) is 15.5. The van der Waals surface area contributed by atoms with Gasteiger partial charge in [-0.05, 0) is 0 Å². The van der Waals surface area contributed by atoms with Crippen LogP contribution in [0.2, 0.25) is 0 Å². The van der Waals surface area contributed by atoms with E-state index in [4.69, 9.17) is 0 Å². The number of carbonyl (C=O) groups is 2. The average Bonchev–Trinajstić information content (AvgIpc) is 2.63. The van der Waals surface area contributed by atoms with Crippen LogP contribution in [-0.2, 0) is 55.4 Å². The highest BCUT2D eigenvalue weighted by Gasteiger charge is 2.62. The van der Waals surface area contributed by atoms with E-state index in [0.29, 0.717) is 0 Å². The van der Waals surface area contributed by atoms with Gasteiger partial charge in [0.15, 0.2) is 12.2 Å². The molecule has 0 aromatic heterocycles. The molecule has 8 N–H and O–H groups in total. The molecule has 1 saturated carbocycles.